The first-order valence-electron chi connectivity index (χ1n) is 11.1. The first kappa shape index (κ1) is 25.9. The third kappa shape index (κ3) is 4.48. The van der Waals surface area contributed by atoms with Crippen LogP contribution in [0.5, 0.6) is 0 Å². The van der Waals surface area contributed by atoms with E-state index in [0.29, 0.717) is 3.67 Å². The van der Waals surface area contributed by atoms with Crippen LogP contribution in [-0.2, 0) is 22.9 Å². The van der Waals surface area contributed by atoms with Gasteiger partial charge in [-0.15, -0.1) is 0 Å². The monoisotopic (exact) mass is 646 g/mol. The Bertz CT molecular complexity index is 1070. The molecular formula is C28H29Cl2HfP. The van der Waals surface area contributed by atoms with Crippen LogP contribution in [0.3, 0.4) is 0 Å². The Morgan fingerprint density at radius 2 is 1.09 bits per heavy atom. The van der Waals surface area contributed by atoms with E-state index in [9.17, 15) is 0 Å². The van der Waals surface area contributed by atoms with Gasteiger partial charge in [-0.25, -0.2) is 0 Å². The molecule has 164 valence electrons. The molecule has 5 rings (SSSR count). The van der Waals surface area contributed by atoms with E-state index in [2.05, 4.69) is 107 Å². The van der Waals surface area contributed by atoms with Crippen LogP contribution in [0.15, 0.2) is 78.1 Å². The van der Waals surface area contributed by atoms with Gasteiger partial charge in [-0.05, 0) is 0 Å². The van der Waals surface area contributed by atoms with Crippen molar-refractivity contribution in [3.8, 4) is 11.1 Å². The molecule has 0 amide bonds. The molecule has 0 saturated carbocycles. The first-order chi connectivity index (χ1) is 14.6. The molecule has 0 heterocycles. The average molecular weight is 646 g/mol. The van der Waals surface area contributed by atoms with Crippen LogP contribution in [0.25, 0.3) is 17.2 Å². The molecule has 2 aliphatic carbocycles. The predicted octanol–water partition coefficient (Wildman–Crippen LogP) is 2.24. The summed E-state index contributed by atoms with van der Waals surface area (Å²) in [6.45, 7) is 9.78. The van der Waals surface area contributed by atoms with Gasteiger partial charge in [-0.1, -0.05) is 0 Å². The van der Waals surface area contributed by atoms with Crippen molar-refractivity contribution in [2.45, 2.75) is 46.4 Å². The van der Waals surface area contributed by atoms with E-state index in [1.807, 2.05) is 0 Å². The molecule has 32 heavy (non-hydrogen) atoms. The van der Waals surface area contributed by atoms with Gasteiger partial charge in [-0.2, -0.15) is 0 Å². The second-order valence-electron chi connectivity index (χ2n) is 9.00. The summed E-state index contributed by atoms with van der Waals surface area (Å²) in [5.74, 6) is 0. The van der Waals surface area contributed by atoms with Gasteiger partial charge < -0.3 is 24.8 Å². The maximum Gasteiger partial charge on any atom is -1.00 e. The quantitative estimate of drug-likeness (QED) is 0.295. The number of hydrogen-bond acceptors (Lipinski definition) is 0. The molecule has 4 heteroatoms. The Morgan fingerprint density at radius 3 is 1.62 bits per heavy atom. The molecule has 0 N–H and O–H groups in total. The van der Waals surface area contributed by atoms with Gasteiger partial charge in [0, 0.05) is 0 Å². The Labute approximate surface area is 218 Å². The summed E-state index contributed by atoms with van der Waals surface area (Å²) < 4.78 is 1.40. The smallest absolute Gasteiger partial charge is 1.00 e. The molecule has 0 spiro atoms. The largest absolute Gasteiger partial charge is 1.00 e. The van der Waals surface area contributed by atoms with Gasteiger partial charge >= 0.3 is 195 Å². The minimum atomic E-state index is -1.13. The molecule has 0 aliphatic heterocycles. The van der Waals surface area contributed by atoms with Crippen LogP contribution in [0, 0.1) is 0 Å². The molecule has 0 saturated heterocycles. The van der Waals surface area contributed by atoms with E-state index in [4.69, 9.17) is 0 Å². The fraction of sp³-hybridized carbons (Fsp3) is 0.286. The zero-order valence-corrected chi connectivity index (χ0v) is 25.0. The molecule has 0 nitrogen and oxygen atoms in total. The van der Waals surface area contributed by atoms with Gasteiger partial charge in [0.25, 0.3) is 0 Å². The third-order valence-electron chi connectivity index (χ3n) is 6.48. The van der Waals surface area contributed by atoms with Crippen molar-refractivity contribution in [1.29, 1.82) is 0 Å². The molecule has 0 bridgehead atoms. The minimum absolute atomic E-state index is 0. The van der Waals surface area contributed by atoms with Gasteiger partial charge in [0.05, 0.1) is 0 Å². The van der Waals surface area contributed by atoms with Crippen LogP contribution in [0.4, 0.5) is 0 Å². The molecule has 2 aliphatic rings. The molecule has 1 atom stereocenters. The molecule has 1 unspecified atom stereocenters. The summed E-state index contributed by atoms with van der Waals surface area (Å²) in [5.41, 5.74) is 10.8. The van der Waals surface area contributed by atoms with E-state index < -0.39 is 22.9 Å². The third-order valence-corrected chi connectivity index (χ3v) is 17.4. The van der Waals surface area contributed by atoms with E-state index in [1.54, 1.807) is 22.0 Å². The van der Waals surface area contributed by atoms with Gasteiger partial charge in [0.15, 0.2) is 0 Å². The molecular weight excluding hydrogens is 617 g/mol. The number of halogens is 2. The second-order valence-corrected chi connectivity index (χ2v) is 17.7. The summed E-state index contributed by atoms with van der Waals surface area (Å²) in [7, 11) is -0.111. The van der Waals surface area contributed by atoms with E-state index in [1.165, 1.54) is 16.7 Å². The molecule has 3 aromatic carbocycles. The van der Waals surface area contributed by atoms with Gasteiger partial charge in [0.2, 0.25) is 0 Å². The fourth-order valence-electron chi connectivity index (χ4n) is 5.40. The van der Waals surface area contributed by atoms with Crippen LogP contribution >= 0.6 is 7.92 Å². The van der Waals surface area contributed by atoms with Crippen molar-refractivity contribution >= 4 is 14.0 Å². The number of rotatable bonds is 5. The standard InChI is InChI=1S/C15H20P.C13H9.2ClH.Hf/c1-11(2)16(12(3)4)15-9-13-7-5-6-8-14(13)10-15;1-3-7-12-10(5-1)9-11-6-2-4-8-13(11)12;;;/h5-12H,1-4H3;1-9H;2*1H;/q;;;;+2/p-2. The second kappa shape index (κ2) is 10.7. The van der Waals surface area contributed by atoms with Gasteiger partial charge in [0.1, 0.15) is 0 Å². The van der Waals surface area contributed by atoms with Crippen LogP contribution in [0.2, 0.25) is 0 Å². The number of hydrogen-bond donors (Lipinski definition) is 0. The predicted molar refractivity (Wildman–Crippen MR) is 128 cm³/mol. The number of fused-ring (bicyclic) bond motifs is 4. The van der Waals surface area contributed by atoms with Crippen molar-refractivity contribution in [3.05, 3.63) is 100 Å². The first-order valence-corrected chi connectivity index (χ1v) is 16.7. The maximum atomic E-state index is 2.60. The minimum Gasteiger partial charge on any atom is -1.00 e. The zero-order valence-electron chi connectivity index (χ0n) is 19.0. The van der Waals surface area contributed by atoms with Crippen molar-refractivity contribution < 1.29 is 47.7 Å². The van der Waals surface area contributed by atoms with Crippen molar-refractivity contribution in [2.24, 2.45) is 0 Å². The van der Waals surface area contributed by atoms with Crippen LogP contribution in [0.1, 0.15) is 57.3 Å². The Hall–Kier alpha value is -0.720. The van der Waals surface area contributed by atoms with E-state index in [-0.39, 0.29) is 32.7 Å². The molecule has 3 aromatic rings. The maximum absolute atomic E-state index is 2.60. The Balaban J connectivity index is 0.00000144. The molecule has 0 radical (unpaired) electrons. The zero-order chi connectivity index (χ0) is 20.8. The molecule has 0 aromatic heterocycles. The topological polar surface area (TPSA) is 0 Å². The van der Waals surface area contributed by atoms with Crippen LogP contribution in [-0.4, -0.2) is 11.3 Å². The molecule has 0 fully saturated rings. The SMILES string of the molecule is CC(C)P(C1=Cc2ccccc2[CH]1[Hf+2][CH]1c2ccccc2-c2ccccc21)C(C)C.[Cl-].[Cl-]. The van der Waals surface area contributed by atoms with Crippen molar-refractivity contribution in [3.63, 3.8) is 0 Å². The normalized spacial score (nSPS) is 16.1. The summed E-state index contributed by atoms with van der Waals surface area (Å²) in [4.78, 5) is 0. The summed E-state index contributed by atoms with van der Waals surface area (Å²) in [5, 5.41) is 1.81. The fourth-order valence-corrected chi connectivity index (χ4v) is 17.5. The van der Waals surface area contributed by atoms with Crippen molar-refractivity contribution in [2.75, 3.05) is 0 Å². The summed E-state index contributed by atoms with van der Waals surface area (Å²) in [6, 6.07) is 27.7. The number of allylic oxidation sites excluding steroid dienone is 1. The summed E-state index contributed by atoms with van der Waals surface area (Å²) >= 11 is -1.13. The number of benzene rings is 3. The average Bonchev–Trinajstić information content (AvgIpc) is 3.25. The van der Waals surface area contributed by atoms with E-state index >= 15 is 0 Å². The van der Waals surface area contributed by atoms with E-state index in [0.717, 1.165) is 15.0 Å². The Morgan fingerprint density at radius 1 is 0.625 bits per heavy atom. The summed E-state index contributed by atoms with van der Waals surface area (Å²) in [6.07, 6.45) is 2.60. The Kier molecular flexibility index (Phi) is 8.65. The van der Waals surface area contributed by atoms with Crippen LogP contribution < -0.4 is 24.8 Å². The van der Waals surface area contributed by atoms with Gasteiger partial charge in [-0.3, -0.25) is 0 Å². The van der Waals surface area contributed by atoms with Crippen molar-refractivity contribution in [1.82, 2.24) is 0 Å².